The van der Waals surface area contributed by atoms with E-state index in [2.05, 4.69) is 4.98 Å². The van der Waals surface area contributed by atoms with Crippen molar-refractivity contribution in [2.75, 3.05) is 31.2 Å². The van der Waals surface area contributed by atoms with Gasteiger partial charge in [0.25, 0.3) is 0 Å². The maximum Gasteiger partial charge on any atom is 0.433 e. The van der Waals surface area contributed by atoms with E-state index in [1.165, 1.54) is 0 Å². The van der Waals surface area contributed by atoms with Crippen LogP contribution < -0.4 is 4.90 Å². The second-order valence-corrected chi connectivity index (χ2v) is 4.87. The summed E-state index contributed by atoms with van der Waals surface area (Å²) in [6, 6.07) is 2.70. The average Bonchev–Trinajstić information content (AvgIpc) is 2.28. The van der Waals surface area contributed by atoms with E-state index in [1.54, 1.807) is 11.0 Å². The van der Waals surface area contributed by atoms with E-state index in [9.17, 15) is 13.2 Å². The highest BCUT2D eigenvalue weighted by atomic mass is 127. The molecule has 1 aromatic rings. The van der Waals surface area contributed by atoms with E-state index in [0.29, 0.717) is 35.7 Å². The highest BCUT2D eigenvalue weighted by molar-refractivity contribution is 14.1. The van der Waals surface area contributed by atoms with Crippen LogP contribution in [0.1, 0.15) is 5.69 Å². The van der Waals surface area contributed by atoms with E-state index in [0.717, 1.165) is 6.07 Å². The van der Waals surface area contributed by atoms with Gasteiger partial charge in [-0.3, -0.25) is 0 Å². The van der Waals surface area contributed by atoms with Crippen LogP contribution in [0.2, 0.25) is 0 Å². The van der Waals surface area contributed by atoms with E-state index >= 15 is 0 Å². The summed E-state index contributed by atoms with van der Waals surface area (Å²) >= 11 is 1.87. The molecular formula is C10H10F3IN2O. The predicted molar refractivity (Wildman–Crippen MR) is 65.0 cm³/mol. The molecule has 94 valence electrons. The zero-order valence-electron chi connectivity index (χ0n) is 8.80. The van der Waals surface area contributed by atoms with Crippen LogP contribution in [0.25, 0.3) is 0 Å². The third kappa shape index (κ3) is 3.21. The van der Waals surface area contributed by atoms with Gasteiger partial charge in [0.2, 0.25) is 0 Å². The van der Waals surface area contributed by atoms with Gasteiger partial charge in [0, 0.05) is 16.7 Å². The molecule has 1 aliphatic rings. The Kier molecular flexibility index (Phi) is 3.76. The molecule has 0 unspecified atom stereocenters. The van der Waals surface area contributed by atoms with Gasteiger partial charge in [-0.2, -0.15) is 13.2 Å². The van der Waals surface area contributed by atoms with Crippen LogP contribution in [-0.4, -0.2) is 31.3 Å². The first-order chi connectivity index (χ1) is 7.97. The molecule has 0 aliphatic carbocycles. The Morgan fingerprint density at radius 2 is 1.88 bits per heavy atom. The lowest BCUT2D eigenvalue weighted by atomic mass is 10.3. The zero-order chi connectivity index (χ0) is 12.5. The Morgan fingerprint density at radius 3 is 2.47 bits per heavy atom. The van der Waals surface area contributed by atoms with Crippen LogP contribution >= 0.6 is 22.6 Å². The lowest BCUT2D eigenvalue weighted by Gasteiger charge is -2.28. The molecule has 0 atom stereocenters. The fourth-order valence-electron chi connectivity index (χ4n) is 1.58. The number of hydrogen-bond donors (Lipinski definition) is 0. The Balaban J connectivity index is 2.31. The molecule has 0 aromatic carbocycles. The van der Waals surface area contributed by atoms with Crippen molar-refractivity contribution >= 4 is 28.4 Å². The smallest absolute Gasteiger partial charge is 0.378 e. The van der Waals surface area contributed by atoms with E-state index in [-0.39, 0.29) is 0 Å². The average molecular weight is 358 g/mol. The second kappa shape index (κ2) is 4.97. The minimum Gasteiger partial charge on any atom is -0.378 e. The summed E-state index contributed by atoms with van der Waals surface area (Å²) in [6.07, 6.45) is -4.40. The van der Waals surface area contributed by atoms with E-state index in [1.807, 2.05) is 22.6 Å². The summed E-state index contributed by atoms with van der Waals surface area (Å²) in [6.45, 7) is 2.19. The van der Waals surface area contributed by atoms with E-state index in [4.69, 9.17) is 4.74 Å². The fraction of sp³-hybridized carbons (Fsp3) is 0.500. The molecule has 0 N–H and O–H groups in total. The molecule has 0 amide bonds. The number of aromatic nitrogens is 1. The fourth-order valence-corrected chi connectivity index (χ4v) is 2.16. The number of halogens is 4. The normalized spacial score (nSPS) is 17.3. The largest absolute Gasteiger partial charge is 0.433 e. The van der Waals surface area contributed by atoms with Gasteiger partial charge in [-0.05, 0) is 34.7 Å². The summed E-state index contributed by atoms with van der Waals surface area (Å²) in [4.78, 5) is 5.48. The van der Waals surface area contributed by atoms with Crippen molar-refractivity contribution in [3.63, 3.8) is 0 Å². The van der Waals surface area contributed by atoms with Gasteiger partial charge < -0.3 is 9.64 Å². The number of morpholine rings is 1. The standard InChI is InChI=1S/C10H10F3IN2O/c11-10(12,13)8-5-7(14)6-9(15-8)16-1-3-17-4-2-16/h5-6H,1-4H2. The topological polar surface area (TPSA) is 25.4 Å². The summed E-state index contributed by atoms with van der Waals surface area (Å²) in [7, 11) is 0. The van der Waals surface area contributed by atoms with Gasteiger partial charge in [-0.25, -0.2) is 4.98 Å². The molecule has 1 aromatic heterocycles. The van der Waals surface area contributed by atoms with Crippen LogP contribution in [0, 0.1) is 3.57 Å². The maximum absolute atomic E-state index is 12.6. The minimum absolute atomic E-state index is 0.368. The quantitative estimate of drug-likeness (QED) is 0.722. The summed E-state index contributed by atoms with van der Waals surface area (Å²) in [5.74, 6) is 0.368. The van der Waals surface area contributed by atoms with Gasteiger partial charge >= 0.3 is 6.18 Å². The molecule has 2 rings (SSSR count). The first kappa shape index (κ1) is 12.9. The third-order valence-electron chi connectivity index (χ3n) is 2.40. The lowest BCUT2D eigenvalue weighted by Crippen LogP contribution is -2.37. The van der Waals surface area contributed by atoms with Crippen LogP contribution in [0.15, 0.2) is 12.1 Å². The number of anilines is 1. The minimum atomic E-state index is -4.40. The second-order valence-electron chi connectivity index (χ2n) is 3.63. The molecule has 1 saturated heterocycles. The number of ether oxygens (including phenoxy) is 1. The lowest BCUT2D eigenvalue weighted by molar-refractivity contribution is -0.141. The Labute approximate surface area is 110 Å². The molecule has 1 aliphatic heterocycles. The Morgan fingerprint density at radius 1 is 1.24 bits per heavy atom. The molecule has 2 heterocycles. The van der Waals surface area contributed by atoms with Gasteiger partial charge in [0.15, 0.2) is 0 Å². The molecule has 3 nitrogen and oxygen atoms in total. The van der Waals surface area contributed by atoms with Crippen LogP contribution in [0.3, 0.4) is 0 Å². The highest BCUT2D eigenvalue weighted by Gasteiger charge is 2.33. The zero-order valence-corrected chi connectivity index (χ0v) is 11.0. The van der Waals surface area contributed by atoms with Gasteiger partial charge in [-0.1, -0.05) is 0 Å². The Hall–Kier alpha value is -0.570. The van der Waals surface area contributed by atoms with Crippen molar-refractivity contribution < 1.29 is 17.9 Å². The number of pyridine rings is 1. The predicted octanol–water partition coefficient (Wildman–Crippen LogP) is 2.54. The molecule has 0 bridgehead atoms. The van der Waals surface area contributed by atoms with Crippen molar-refractivity contribution in [1.29, 1.82) is 0 Å². The molecule has 7 heteroatoms. The van der Waals surface area contributed by atoms with Crippen molar-refractivity contribution in [3.8, 4) is 0 Å². The molecular weight excluding hydrogens is 348 g/mol. The van der Waals surface area contributed by atoms with Gasteiger partial charge in [0.05, 0.1) is 13.2 Å². The van der Waals surface area contributed by atoms with Crippen molar-refractivity contribution in [2.24, 2.45) is 0 Å². The number of rotatable bonds is 1. The summed E-state index contributed by atoms with van der Waals surface area (Å²) in [5.41, 5.74) is -0.842. The summed E-state index contributed by atoms with van der Waals surface area (Å²) in [5, 5.41) is 0. The monoisotopic (exact) mass is 358 g/mol. The maximum atomic E-state index is 12.6. The first-order valence-corrected chi connectivity index (χ1v) is 6.12. The van der Waals surface area contributed by atoms with E-state index < -0.39 is 11.9 Å². The molecule has 0 saturated carbocycles. The summed E-state index contributed by atoms with van der Waals surface area (Å²) < 4.78 is 43.5. The van der Waals surface area contributed by atoms with Crippen molar-refractivity contribution in [3.05, 3.63) is 21.4 Å². The molecule has 0 spiro atoms. The molecule has 17 heavy (non-hydrogen) atoms. The number of nitrogens with zero attached hydrogens (tertiary/aromatic N) is 2. The van der Waals surface area contributed by atoms with Crippen LogP contribution in [0.4, 0.5) is 19.0 Å². The number of alkyl halides is 3. The van der Waals surface area contributed by atoms with Crippen LogP contribution in [-0.2, 0) is 10.9 Å². The number of hydrogen-bond acceptors (Lipinski definition) is 3. The van der Waals surface area contributed by atoms with Crippen molar-refractivity contribution in [1.82, 2.24) is 4.98 Å². The van der Waals surface area contributed by atoms with Gasteiger partial charge in [-0.15, -0.1) is 0 Å². The Bertz CT molecular complexity index is 405. The first-order valence-electron chi connectivity index (χ1n) is 5.04. The SMILES string of the molecule is FC(F)(F)c1cc(I)cc(N2CCOCC2)n1. The highest BCUT2D eigenvalue weighted by Crippen LogP contribution is 2.30. The molecule has 0 radical (unpaired) electrons. The van der Waals surface area contributed by atoms with Crippen molar-refractivity contribution in [2.45, 2.75) is 6.18 Å². The molecule has 1 fully saturated rings. The third-order valence-corrected chi connectivity index (χ3v) is 3.02. The van der Waals surface area contributed by atoms with Gasteiger partial charge in [0.1, 0.15) is 11.5 Å². The van der Waals surface area contributed by atoms with Crippen LogP contribution in [0.5, 0.6) is 0 Å².